The number of carbonyl (C=O) groups excluding carboxylic acids is 1. The maximum absolute atomic E-state index is 11.7. The number of hydrogen-bond donors (Lipinski definition) is 1. The summed E-state index contributed by atoms with van der Waals surface area (Å²) in [5, 5.41) is 4.88. The number of rotatable bonds is 3. The zero-order chi connectivity index (χ0) is 14.5. The Balaban J connectivity index is 2.11. The van der Waals surface area contributed by atoms with Gasteiger partial charge in [0.2, 0.25) is 0 Å². The second-order valence-electron chi connectivity index (χ2n) is 3.86. The molecule has 0 saturated heterocycles. The molecule has 0 aliphatic rings. The summed E-state index contributed by atoms with van der Waals surface area (Å²) in [7, 11) is 0. The van der Waals surface area contributed by atoms with Crippen LogP contribution in [0.25, 0.3) is 0 Å². The van der Waals surface area contributed by atoms with Crippen molar-refractivity contribution < 1.29 is 4.79 Å². The summed E-state index contributed by atoms with van der Waals surface area (Å²) < 4.78 is 0. The highest BCUT2D eigenvalue weighted by Gasteiger charge is 2.06. The van der Waals surface area contributed by atoms with Crippen molar-refractivity contribution in [3.8, 4) is 0 Å². The number of halogens is 2. The maximum Gasteiger partial charge on any atom is 0.291 e. The van der Waals surface area contributed by atoms with Crippen molar-refractivity contribution in [2.24, 2.45) is 5.10 Å². The lowest BCUT2D eigenvalue weighted by molar-refractivity contribution is 0.0949. The number of hydrazone groups is 1. The second kappa shape index (κ2) is 6.45. The number of aromatic nitrogens is 2. The fraction of sp³-hybridized carbons (Fsp3) is 0.0769. The molecule has 20 heavy (non-hydrogen) atoms. The molecule has 102 valence electrons. The van der Waals surface area contributed by atoms with Crippen LogP contribution >= 0.6 is 23.2 Å². The molecular weight excluding hydrogens is 299 g/mol. The molecule has 7 heteroatoms. The third kappa shape index (κ3) is 3.53. The van der Waals surface area contributed by atoms with Crippen LogP contribution in [0.1, 0.15) is 23.0 Å². The van der Waals surface area contributed by atoms with Gasteiger partial charge in [0, 0.05) is 12.4 Å². The summed E-state index contributed by atoms with van der Waals surface area (Å²) >= 11 is 11.8. The summed E-state index contributed by atoms with van der Waals surface area (Å²) in [6.07, 6.45) is 4.28. The normalized spacial score (nSPS) is 11.2. The van der Waals surface area contributed by atoms with Gasteiger partial charge in [-0.3, -0.25) is 9.78 Å². The molecule has 1 aromatic heterocycles. The van der Waals surface area contributed by atoms with E-state index < -0.39 is 5.91 Å². The third-order valence-corrected chi connectivity index (χ3v) is 3.20. The highest BCUT2D eigenvalue weighted by atomic mass is 35.5. The number of hydrogen-bond acceptors (Lipinski definition) is 4. The summed E-state index contributed by atoms with van der Waals surface area (Å²) in [6, 6.07) is 5.11. The minimum atomic E-state index is -0.433. The van der Waals surface area contributed by atoms with E-state index in [1.165, 1.54) is 18.6 Å². The molecule has 0 aliphatic heterocycles. The van der Waals surface area contributed by atoms with Gasteiger partial charge in [0.25, 0.3) is 5.91 Å². The van der Waals surface area contributed by atoms with Crippen LogP contribution in [0.3, 0.4) is 0 Å². The SMILES string of the molecule is C/C(=N\NC(=O)c1cnccn1)c1ccc(Cl)c(Cl)c1. The minimum Gasteiger partial charge on any atom is -0.265 e. The van der Waals surface area contributed by atoms with Crippen LogP contribution in [-0.4, -0.2) is 21.6 Å². The Kier molecular flexibility index (Phi) is 4.65. The van der Waals surface area contributed by atoms with Crippen molar-refractivity contribution in [1.82, 2.24) is 15.4 Å². The minimum absolute atomic E-state index is 0.193. The number of nitrogens with one attached hydrogen (secondary N) is 1. The average Bonchev–Trinajstić information content (AvgIpc) is 2.48. The van der Waals surface area contributed by atoms with E-state index >= 15 is 0 Å². The predicted octanol–water partition coefficient (Wildman–Crippen LogP) is 2.94. The molecule has 5 nitrogen and oxygen atoms in total. The van der Waals surface area contributed by atoms with Crippen LogP contribution < -0.4 is 5.43 Å². The summed E-state index contributed by atoms with van der Waals surface area (Å²) in [4.78, 5) is 19.4. The molecule has 1 heterocycles. The fourth-order valence-electron chi connectivity index (χ4n) is 1.39. The standard InChI is InChI=1S/C13H10Cl2N4O/c1-8(9-2-3-10(14)11(15)6-9)18-19-13(20)12-7-16-4-5-17-12/h2-7H,1H3,(H,19,20)/b18-8+. The smallest absolute Gasteiger partial charge is 0.265 e. The molecule has 0 saturated carbocycles. The Morgan fingerprint density at radius 3 is 2.70 bits per heavy atom. The van der Waals surface area contributed by atoms with Crippen LogP contribution in [-0.2, 0) is 0 Å². The Labute approximate surface area is 125 Å². The summed E-state index contributed by atoms with van der Waals surface area (Å²) in [6.45, 7) is 1.75. The van der Waals surface area contributed by atoms with Gasteiger partial charge in [-0.1, -0.05) is 29.3 Å². The van der Waals surface area contributed by atoms with Gasteiger partial charge in [-0.2, -0.15) is 5.10 Å². The van der Waals surface area contributed by atoms with Gasteiger partial charge in [0.1, 0.15) is 5.69 Å². The monoisotopic (exact) mass is 308 g/mol. The van der Waals surface area contributed by atoms with E-state index in [9.17, 15) is 4.79 Å². The van der Waals surface area contributed by atoms with Crippen molar-refractivity contribution in [3.63, 3.8) is 0 Å². The van der Waals surface area contributed by atoms with Crippen LogP contribution in [0.5, 0.6) is 0 Å². The van der Waals surface area contributed by atoms with Crippen molar-refractivity contribution in [2.45, 2.75) is 6.92 Å². The number of carbonyl (C=O) groups is 1. The van der Waals surface area contributed by atoms with Crippen LogP contribution in [0, 0.1) is 0 Å². The second-order valence-corrected chi connectivity index (χ2v) is 4.67. The molecule has 0 atom stereocenters. The van der Waals surface area contributed by atoms with Gasteiger partial charge in [-0.05, 0) is 24.6 Å². The molecule has 1 N–H and O–H groups in total. The van der Waals surface area contributed by atoms with E-state index in [-0.39, 0.29) is 5.69 Å². The van der Waals surface area contributed by atoms with Crippen molar-refractivity contribution in [3.05, 3.63) is 58.1 Å². The predicted molar refractivity (Wildman–Crippen MR) is 78.2 cm³/mol. The molecule has 0 fully saturated rings. The third-order valence-electron chi connectivity index (χ3n) is 2.46. The molecule has 0 radical (unpaired) electrons. The number of amides is 1. The van der Waals surface area contributed by atoms with E-state index in [2.05, 4.69) is 20.5 Å². The summed E-state index contributed by atoms with van der Waals surface area (Å²) in [5.41, 5.74) is 3.96. The molecule has 0 aliphatic carbocycles. The first-order valence-electron chi connectivity index (χ1n) is 5.64. The first-order valence-corrected chi connectivity index (χ1v) is 6.39. The van der Waals surface area contributed by atoms with Gasteiger partial charge in [0.05, 0.1) is 22.0 Å². The molecule has 0 spiro atoms. The molecule has 2 rings (SSSR count). The number of benzene rings is 1. The maximum atomic E-state index is 11.7. The lowest BCUT2D eigenvalue weighted by Gasteiger charge is -2.04. The van der Waals surface area contributed by atoms with Gasteiger partial charge >= 0.3 is 0 Å². The van der Waals surface area contributed by atoms with E-state index in [1.54, 1.807) is 25.1 Å². The molecule has 1 aromatic carbocycles. The largest absolute Gasteiger partial charge is 0.291 e. The zero-order valence-corrected chi connectivity index (χ0v) is 12.0. The van der Waals surface area contributed by atoms with E-state index in [0.717, 1.165) is 5.56 Å². The van der Waals surface area contributed by atoms with Crippen LogP contribution in [0.2, 0.25) is 10.0 Å². The Bertz CT molecular complexity index is 659. The summed E-state index contributed by atoms with van der Waals surface area (Å²) in [5.74, 6) is -0.433. The van der Waals surface area contributed by atoms with Gasteiger partial charge in [0.15, 0.2) is 0 Å². The average molecular weight is 309 g/mol. The molecule has 1 amide bonds. The lowest BCUT2D eigenvalue weighted by Crippen LogP contribution is -2.20. The van der Waals surface area contributed by atoms with Gasteiger partial charge in [-0.25, -0.2) is 10.4 Å². The van der Waals surface area contributed by atoms with Crippen LogP contribution in [0.4, 0.5) is 0 Å². The lowest BCUT2D eigenvalue weighted by atomic mass is 10.1. The van der Waals surface area contributed by atoms with E-state index in [4.69, 9.17) is 23.2 Å². The Hall–Kier alpha value is -1.98. The molecule has 0 unspecified atom stereocenters. The van der Waals surface area contributed by atoms with E-state index in [1.807, 2.05) is 0 Å². The molecular formula is C13H10Cl2N4O. The fourth-order valence-corrected chi connectivity index (χ4v) is 1.69. The van der Waals surface area contributed by atoms with Crippen molar-refractivity contribution >= 4 is 34.8 Å². The highest BCUT2D eigenvalue weighted by Crippen LogP contribution is 2.22. The zero-order valence-electron chi connectivity index (χ0n) is 10.5. The molecule has 2 aromatic rings. The molecule has 0 bridgehead atoms. The van der Waals surface area contributed by atoms with Gasteiger partial charge in [-0.15, -0.1) is 0 Å². The highest BCUT2D eigenvalue weighted by molar-refractivity contribution is 6.42. The Morgan fingerprint density at radius 1 is 1.25 bits per heavy atom. The van der Waals surface area contributed by atoms with Crippen molar-refractivity contribution in [2.75, 3.05) is 0 Å². The Morgan fingerprint density at radius 2 is 2.05 bits per heavy atom. The first kappa shape index (κ1) is 14.4. The van der Waals surface area contributed by atoms with Gasteiger partial charge < -0.3 is 0 Å². The van der Waals surface area contributed by atoms with Crippen molar-refractivity contribution in [1.29, 1.82) is 0 Å². The first-order chi connectivity index (χ1) is 9.58. The van der Waals surface area contributed by atoms with E-state index in [0.29, 0.717) is 15.8 Å². The van der Waals surface area contributed by atoms with Crippen LogP contribution in [0.15, 0.2) is 41.9 Å². The quantitative estimate of drug-likeness (QED) is 0.700. The number of nitrogens with zero attached hydrogens (tertiary/aromatic N) is 3. The topological polar surface area (TPSA) is 67.2 Å².